The molecule has 0 saturated carbocycles. The van der Waals surface area contributed by atoms with E-state index in [0.29, 0.717) is 0 Å². The van der Waals surface area contributed by atoms with Gasteiger partial charge in [0.15, 0.2) is 0 Å². The third kappa shape index (κ3) is 4.09. The monoisotopic (exact) mass is 271 g/mol. The Balaban J connectivity index is 2.04. The number of nitrogens with zero attached hydrogens (tertiary/aromatic N) is 1. The summed E-state index contributed by atoms with van der Waals surface area (Å²) in [6.45, 7) is 1.66. The molecule has 4 heteroatoms. The lowest BCUT2D eigenvalue weighted by molar-refractivity contribution is -0.142. The van der Waals surface area contributed by atoms with Crippen LogP contribution in [0.25, 0.3) is 0 Å². The highest BCUT2D eigenvalue weighted by Crippen LogP contribution is 2.15. The van der Waals surface area contributed by atoms with Gasteiger partial charge in [-0.15, -0.1) is 0 Å². The summed E-state index contributed by atoms with van der Waals surface area (Å²) in [4.78, 5) is 15.0. The summed E-state index contributed by atoms with van der Waals surface area (Å²) < 4.78 is 10.1. The molecule has 0 radical (unpaired) electrons. The lowest BCUT2D eigenvalue weighted by atomic mass is 10.1. The molecule has 1 aromatic heterocycles. The Labute approximate surface area is 118 Å². The maximum atomic E-state index is 10.8. The first-order chi connectivity index (χ1) is 9.67. The fraction of sp³-hybridized carbons (Fsp3) is 0.250. The van der Waals surface area contributed by atoms with E-state index in [-0.39, 0.29) is 12.6 Å². The summed E-state index contributed by atoms with van der Waals surface area (Å²) in [5.74, 6) is 0.557. The van der Waals surface area contributed by atoms with Gasteiger partial charge in [0.1, 0.15) is 12.4 Å². The summed E-state index contributed by atoms with van der Waals surface area (Å²) in [6.07, 6.45) is 4.31. The first-order valence-corrected chi connectivity index (χ1v) is 6.36. The maximum absolute atomic E-state index is 10.8. The number of carbonyl (C=O) groups is 1. The minimum atomic E-state index is -0.287. The third-order valence-electron chi connectivity index (χ3n) is 2.86. The van der Waals surface area contributed by atoms with Gasteiger partial charge in [0.05, 0.1) is 7.11 Å². The van der Waals surface area contributed by atoms with E-state index >= 15 is 0 Å². The smallest absolute Gasteiger partial charge is 0.302 e. The van der Waals surface area contributed by atoms with Gasteiger partial charge in [-0.05, 0) is 35.7 Å². The molecule has 0 unspecified atom stereocenters. The van der Waals surface area contributed by atoms with E-state index in [1.54, 1.807) is 13.3 Å². The number of hydrogen-bond acceptors (Lipinski definition) is 4. The van der Waals surface area contributed by atoms with Gasteiger partial charge in [0, 0.05) is 24.9 Å². The summed E-state index contributed by atoms with van der Waals surface area (Å²) in [5.41, 5.74) is 3.16. The van der Waals surface area contributed by atoms with E-state index in [4.69, 9.17) is 9.47 Å². The molecule has 0 aliphatic carbocycles. The highest BCUT2D eigenvalue weighted by atomic mass is 16.5. The fourth-order valence-electron chi connectivity index (χ4n) is 1.88. The van der Waals surface area contributed by atoms with Crippen molar-refractivity contribution in [1.82, 2.24) is 4.98 Å². The van der Waals surface area contributed by atoms with Gasteiger partial charge in [-0.1, -0.05) is 12.1 Å². The number of ether oxygens (including phenoxy) is 2. The largest absolute Gasteiger partial charge is 0.497 e. The van der Waals surface area contributed by atoms with E-state index in [1.807, 2.05) is 36.5 Å². The number of aromatic nitrogens is 1. The third-order valence-corrected chi connectivity index (χ3v) is 2.86. The summed E-state index contributed by atoms with van der Waals surface area (Å²) >= 11 is 0. The molecule has 1 heterocycles. The van der Waals surface area contributed by atoms with Crippen molar-refractivity contribution in [3.8, 4) is 5.75 Å². The molecule has 1 aromatic carbocycles. The molecule has 0 saturated heterocycles. The number of methoxy groups -OCH3 is 1. The Kier molecular flexibility index (Phi) is 4.71. The Hall–Kier alpha value is -2.36. The molecule has 0 aliphatic rings. The van der Waals surface area contributed by atoms with Gasteiger partial charge in [0.25, 0.3) is 0 Å². The number of hydrogen-bond donors (Lipinski definition) is 0. The second-order valence-corrected chi connectivity index (χ2v) is 4.51. The van der Waals surface area contributed by atoms with Crippen LogP contribution >= 0.6 is 0 Å². The molecule has 2 aromatic rings. The lowest BCUT2D eigenvalue weighted by Gasteiger charge is -2.06. The molecule has 0 bridgehead atoms. The van der Waals surface area contributed by atoms with E-state index in [1.165, 1.54) is 12.5 Å². The normalized spacial score (nSPS) is 10.1. The molecule has 2 rings (SSSR count). The Morgan fingerprint density at radius 1 is 1.10 bits per heavy atom. The second-order valence-electron chi connectivity index (χ2n) is 4.51. The van der Waals surface area contributed by atoms with Crippen molar-refractivity contribution < 1.29 is 14.3 Å². The summed E-state index contributed by atoms with van der Waals surface area (Å²) in [6, 6.07) is 9.92. The van der Waals surface area contributed by atoms with E-state index in [0.717, 1.165) is 23.3 Å². The van der Waals surface area contributed by atoms with E-state index < -0.39 is 0 Å². The molecular weight excluding hydrogens is 254 g/mol. The molecule has 104 valence electrons. The van der Waals surface area contributed by atoms with Crippen LogP contribution in [-0.2, 0) is 22.6 Å². The van der Waals surface area contributed by atoms with Crippen LogP contribution in [0.3, 0.4) is 0 Å². The Morgan fingerprint density at radius 3 is 2.45 bits per heavy atom. The molecule has 0 amide bonds. The van der Waals surface area contributed by atoms with Crippen molar-refractivity contribution in [2.75, 3.05) is 7.11 Å². The van der Waals surface area contributed by atoms with Crippen molar-refractivity contribution >= 4 is 5.97 Å². The fourth-order valence-corrected chi connectivity index (χ4v) is 1.88. The zero-order chi connectivity index (χ0) is 14.4. The van der Waals surface area contributed by atoms with Crippen LogP contribution in [0.5, 0.6) is 5.75 Å². The predicted octanol–water partition coefficient (Wildman–Crippen LogP) is 2.74. The Bertz CT molecular complexity index is 579. The number of esters is 1. The van der Waals surface area contributed by atoms with Gasteiger partial charge < -0.3 is 9.47 Å². The van der Waals surface area contributed by atoms with Crippen molar-refractivity contribution in [2.45, 2.75) is 20.0 Å². The van der Waals surface area contributed by atoms with Crippen LogP contribution in [0.2, 0.25) is 0 Å². The van der Waals surface area contributed by atoms with Crippen molar-refractivity contribution in [3.63, 3.8) is 0 Å². The van der Waals surface area contributed by atoms with Crippen LogP contribution in [0.4, 0.5) is 0 Å². The first-order valence-electron chi connectivity index (χ1n) is 6.36. The number of pyridine rings is 1. The minimum Gasteiger partial charge on any atom is -0.497 e. The molecule has 0 aliphatic heterocycles. The van der Waals surface area contributed by atoms with Crippen molar-refractivity contribution in [3.05, 3.63) is 59.4 Å². The van der Waals surface area contributed by atoms with Crippen molar-refractivity contribution in [2.24, 2.45) is 0 Å². The highest BCUT2D eigenvalue weighted by Gasteiger charge is 2.01. The predicted molar refractivity (Wildman–Crippen MR) is 75.5 cm³/mol. The SMILES string of the molecule is COc1ccc(Cc2cncc(COC(C)=O)c2)cc1. The molecular formula is C16H17NO3. The molecule has 0 spiro atoms. The number of benzene rings is 1. The first kappa shape index (κ1) is 14.1. The molecule has 0 fully saturated rings. The minimum absolute atomic E-state index is 0.263. The summed E-state index contributed by atoms with van der Waals surface area (Å²) in [7, 11) is 1.65. The van der Waals surface area contributed by atoms with Crippen LogP contribution in [0, 0.1) is 0 Å². The zero-order valence-corrected chi connectivity index (χ0v) is 11.6. The topological polar surface area (TPSA) is 48.4 Å². The Morgan fingerprint density at radius 2 is 1.80 bits per heavy atom. The molecule has 0 N–H and O–H groups in total. The van der Waals surface area contributed by atoms with Crippen LogP contribution in [0.1, 0.15) is 23.6 Å². The second kappa shape index (κ2) is 6.70. The van der Waals surface area contributed by atoms with Crippen LogP contribution in [0.15, 0.2) is 42.7 Å². The van der Waals surface area contributed by atoms with Crippen LogP contribution in [-0.4, -0.2) is 18.1 Å². The van der Waals surface area contributed by atoms with Crippen LogP contribution < -0.4 is 4.74 Å². The van der Waals surface area contributed by atoms with Gasteiger partial charge in [0.2, 0.25) is 0 Å². The van der Waals surface area contributed by atoms with E-state index in [2.05, 4.69) is 4.98 Å². The lowest BCUT2D eigenvalue weighted by Crippen LogP contribution is -2.00. The molecule has 4 nitrogen and oxygen atoms in total. The van der Waals surface area contributed by atoms with E-state index in [9.17, 15) is 4.79 Å². The number of rotatable bonds is 5. The quantitative estimate of drug-likeness (QED) is 0.785. The summed E-state index contributed by atoms with van der Waals surface area (Å²) in [5, 5.41) is 0. The van der Waals surface area contributed by atoms with Crippen molar-refractivity contribution in [1.29, 1.82) is 0 Å². The molecule has 20 heavy (non-hydrogen) atoms. The average molecular weight is 271 g/mol. The standard InChI is InChI=1S/C16H17NO3/c1-12(18)20-11-15-8-14(9-17-10-15)7-13-3-5-16(19-2)6-4-13/h3-6,8-10H,7,11H2,1-2H3. The molecule has 0 atom stereocenters. The van der Waals surface area contributed by atoms with Gasteiger partial charge in [-0.2, -0.15) is 0 Å². The van der Waals surface area contributed by atoms with Gasteiger partial charge >= 0.3 is 5.97 Å². The van der Waals surface area contributed by atoms with Gasteiger partial charge in [-0.3, -0.25) is 9.78 Å². The highest BCUT2D eigenvalue weighted by molar-refractivity contribution is 5.65. The maximum Gasteiger partial charge on any atom is 0.302 e. The number of carbonyl (C=O) groups excluding carboxylic acids is 1. The average Bonchev–Trinajstić information content (AvgIpc) is 2.46. The zero-order valence-electron chi connectivity index (χ0n) is 11.6. The van der Waals surface area contributed by atoms with Gasteiger partial charge in [-0.25, -0.2) is 0 Å².